The van der Waals surface area contributed by atoms with Crippen molar-refractivity contribution in [1.29, 1.82) is 0 Å². The van der Waals surface area contributed by atoms with E-state index in [0.717, 1.165) is 25.7 Å². The van der Waals surface area contributed by atoms with E-state index >= 15 is 0 Å². The summed E-state index contributed by atoms with van der Waals surface area (Å²) in [5, 5.41) is 0. The average molecular weight is 457 g/mol. The molecule has 2 atom stereocenters. The molecule has 0 bridgehead atoms. The molecule has 0 aromatic heterocycles. The van der Waals surface area contributed by atoms with Crippen LogP contribution >= 0.6 is 0 Å². The van der Waals surface area contributed by atoms with E-state index in [2.05, 4.69) is 18.6 Å². The highest BCUT2D eigenvalue weighted by Gasteiger charge is 2.45. The molecular formula is C24H48N4O4. The van der Waals surface area contributed by atoms with Crippen molar-refractivity contribution in [3.05, 3.63) is 5.53 Å². The van der Waals surface area contributed by atoms with Gasteiger partial charge in [0.1, 0.15) is 11.4 Å². The maximum Gasteiger partial charge on any atom is 0.353 e. The third kappa shape index (κ3) is 7.68. The van der Waals surface area contributed by atoms with Gasteiger partial charge in [0, 0.05) is 13.3 Å². The molecule has 2 amide bonds. The second-order valence-corrected chi connectivity index (χ2v) is 8.88. The van der Waals surface area contributed by atoms with Gasteiger partial charge in [0.2, 0.25) is 5.91 Å². The summed E-state index contributed by atoms with van der Waals surface area (Å²) in [5.74, 6) is -0.0607. The van der Waals surface area contributed by atoms with Gasteiger partial charge in [-0.2, -0.15) is 4.79 Å². The third-order valence-corrected chi connectivity index (χ3v) is 5.64. The van der Waals surface area contributed by atoms with Crippen LogP contribution in [0.15, 0.2) is 0 Å². The van der Waals surface area contributed by atoms with Crippen molar-refractivity contribution in [1.82, 2.24) is 9.80 Å². The molecule has 188 valence electrons. The molecule has 0 spiro atoms. The number of amides is 2. The van der Waals surface area contributed by atoms with Gasteiger partial charge >= 0.3 is 11.6 Å². The van der Waals surface area contributed by atoms with Crippen LogP contribution in [0.3, 0.4) is 0 Å². The van der Waals surface area contributed by atoms with E-state index < -0.39 is 11.4 Å². The predicted octanol–water partition coefficient (Wildman–Crippen LogP) is 4.87. The van der Waals surface area contributed by atoms with Crippen LogP contribution < -0.4 is 0 Å². The highest BCUT2D eigenvalue weighted by atomic mass is 16.5. The van der Waals surface area contributed by atoms with E-state index in [-0.39, 0.29) is 44.5 Å². The summed E-state index contributed by atoms with van der Waals surface area (Å²) in [6, 6.07) is 0.353. The fourth-order valence-electron chi connectivity index (χ4n) is 4.16. The van der Waals surface area contributed by atoms with Crippen LogP contribution in [0.2, 0.25) is 0 Å². The van der Waals surface area contributed by atoms with E-state index in [4.69, 9.17) is 15.0 Å². The molecule has 8 heteroatoms. The largest absolute Gasteiger partial charge is 0.361 e. The second-order valence-electron chi connectivity index (χ2n) is 8.88. The average Bonchev–Trinajstić information content (AvgIpc) is 3.15. The Bertz CT molecular complexity index is 656. The topological polar surface area (TPSA) is 95.5 Å². The highest BCUT2D eigenvalue weighted by Crippen LogP contribution is 2.30. The summed E-state index contributed by atoms with van der Waals surface area (Å²) in [7, 11) is 0. The predicted molar refractivity (Wildman–Crippen MR) is 129 cm³/mol. The van der Waals surface area contributed by atoms with Gasteiger partial charge in [0.25, 0.3) is 0 Å². The Morgan fingerprint density at radius 1 is 0.906 bits per heavy atom. The van der Waals surface area contributed by atoms with Gasteiger partial charge in [-0.3, -0.25) is 14.5 Å². The molecule has 0 aliphatic carbocycles. The van der Waals surface area contributed by atoms with Crippen molar-refractivity contribution < 1.29 is 23.9 Å². The zero-order chi connectivity index (χ0) is 23.1. The maximum absolute atomic E-state index is 12.0. The fourth-order valence-corrected chi connectivity index (χ4v) is 4.16. The van der Waals surface area contributed by atoms with Crippen LogP contribution in [0.25, 0.3) is 5.53 Å². The minimum absolute atomic E-state index is 0. The molecule has 0 aromatic carbocycles. The molecule has 0 aromatic rings. The van der Waals surface area contributed by atoms with Crippen LogP contribution in [-0.4, -0.2) is 68.9 Å². The maximum atomic E-state index is 12.0. The first-order chi connectivity index (χ1) is 14.0. The summed E-state index contributed by atoms with van der Waals surface area (Å²) in [5.41, 5.74) is 7.72. The fraction of sp³-hybridized carbons (Fsp3) is 0.875. The Kier molecular flexibility index (Phi) is 13.9. The SMILES string of the molecule is C.C.CCCC1COC(C)(C)N1C(=O)C(C)=[N+]=[N-].CCCC1COC(C)(C)N1C(=O)CC. The summed E-state index contributed by atoms with van der Waals surface area (Å²) in [6.07, 6.45) is 4.58. The Hall–Kier alpha value is -1.76. The quantitative estimate of drug-likeness (QED) is 0.323. The first-order valence-electron chi connectivity index (χ1n) is 11.1. The van der Waals surface area contributed by atoms with Crippen molar-refractivity contribution in [2.24, 2.45) is 0 Å². The highest BCUT2D eigenvalue weighted by molar-refractivity contribution is 6.35. The minimum Gasteiger partial charge on any atom is -0.361 e. The molecule has 2 aliphatic rings. The summed E-state index contributed by atoms with van der Waals surface area (Å²) >= 11 is 0. The number of carbonyl (C=O) groups excluding carboxylic acids is 2. The Labute approximate surface area is 196 Å². The van der Waals surface area contributed by atoms with Crippen molar-refractivity contribution in [2.75, 3.05) is 13.2 Å². The lowest BCUT2D eigenvalue weighted by molar-refractivity contribution is -0.146. The van der Waals surface area contributed by atoms with Gasteiger partial charge in [0.15, 0.2) is 0 Å². The summed E-state index contributed by atoms with van der Waals surface area (Å²) in [6.45, 7) is 16.5. The van der Waals surface area contributed by atoms with Crippen molar-refractivity contribution >= 4 is 17.5 Å². The Morgan fingerprint density at radius 2 is 1.31 bits per heavy atom. The number of ether oxygens (including phenoxy) is 2. The zero-order valence-electron chi connectivity index (χ0n) is 20.0. The molecule has 0 N–H and O–H groups in total. The normalized spacial score (nSPS) is 22.6. The molecule has 32 heavy (non-hydrogen) atoms. The molecule has 2 unspecified atom stereocenters. The van der Waals surface area contributed by atoms with Crippen LogP contribution in [0.4, 0.5) is 0 Å². The van der Waals surface area contributed by atoms with Gasteiger partial charge in [-0.25, -0.2) is 0 Å². The van der Waals surface area contributed by atoms with Crippen molar-refractivity contribution in [3.63, 3.8) is 0 Å². The Balaban J connectivity index is 0. The van der Waals surface area contributed by atoms with Gasteiger partial charge in [-0.15, -0.1) is 0 Å². The van der Waals surface area contributed by atoms with Crippen molar-refractivity contribution in [2.45, 2.75) is 126 Å². The zero-order valence-corrected chi connectivity index (χ0v) is 20.0. The summed E-state index contributed by atoms with van der Waals surface area (Å²) < 4.78 is 11.2. The standard InChI is InChI=1S/C11H19N3O2.C11H21NO2.2CH4/c1-5-6-9-7-16-11(3,4)14(9)10(15)8(2)13-12;1-5-7-9-8-14-11(3,4)12(9)10(13)6-2;;/h9H,5-7H2,1-4H3;9H,5-8H2,1-4H3;2*1H4. The van der Waals surface area contributed by atoms with Crippen LogP contribution in [-0.2, 0) is 19.1 Å². The first kappa shape index (κ1) is 32.4. The number of rotatable bonds is 6. The Morgan fingerprint density at radius 3 is 1.69 bits per heavy atom. The lowest BCUT2D eigenvalue weighted by Crippen LogP contribution is -2.50. The van der Waals surface area contributed by atoms with E-state index in [1.807, 2.05) is 39.5 Å². The molecule has 2 fully saturated rings. The second kappa shape index (κ2) is 13.7. The van der Waals surface area contributed by atoms with E-state index in [1.54, 1.807) is 4.90 Å². The van der Waals surface area contributed by atoms with Crippen molar-refractivity contribution in [3.8, 4) is 0 Å². The van der Waals surface area contributed by atoms with E-state index in [0.29, 0.717) is 19.6 Å². The lowest BCUT2D eigenvalue weighted by atomic mass is 10.1. The van der Waals surface area contributed by atoms with Gasteiger partial charge in [-0.1, -0.05) is 48.5 Å². The number of hydrogen-bond donors (Lipinski definition) is 0. The van der Waals surface area contributed by atoms with Gasteiger partial charge < -0.3 is 19.9 Å². The van der Waals surface area contributed by atoms with Crippen LogP contribution in [0.5, 0.6) is 0 Å². The van der Waals surface area contributed by atoms with E-state index in [9.17, 15) is 9.59 Å². The number of hydrogen-bond acceptors (Lipinski definition) is 4. The molecule has 2 heterocycles. The minimum atomic E-state index is -0.622. The molecule has 0 radical (unpaired) electrons. The summed E-state index contributed by atoms with van der Waals surface area (Å²) in [4.78, 5) is 30.3. The molecule has 0 saturated carbocycles. The van der Waals surface area contributed by atoms with Gasteiger partial charge in [0.05, 0.1) is 25.3 Å². The van der Waals surface area contributed by atoms with E-state index in [1.165, 1.54) is 6.92 Å². The lowest BCUT2D eigenvalue weighted by Gasteiger charge is -2.33. The molecule has 8 nitrogen and oxygen atoms in total. The monoisotopic (exact) mass is 456 g/mol. The molecule has 2 aliphatic heterocycles. The molecule has 2 rings (SSSR count). The number of carbonyl (C=O) groups is 2. The number of nitrogens with zero attached hydrogens (tertiary/aromatic N) is 4. The molecular weight excluding hydrogens is 408 g/mol. The third-order valence-electron chi connectivity index (χ3n) is 5.64. The van der Waals surface area contributed by atoms with Crippen LogP contribution in [0, 0.1) is 0 Å². The van der Waals surface area contributed by atoms with Gasteiger partial charge in [-0.05, 0) is 40.5 Å². The molecule has 2 saturated heterocycles. The smallest absolute Gasteiger partial charge is 0.353 e. The first-order valence-corrected chi connectivity index (χ1v) is 11.1. The van der Waals surface area contributed by atoms with Crippen LogP contribution in [0.1, 0.15) is 102 Å².